The van der Waals surface area contributed by atoms with Gasteiger partial charge in [-0.15, -0.1) is 0 Å². The summed E-state index contributed by atoms with van der Waals surface area (Å²) in [4.78, 5) is 21.4. The van der Waals surface area contributed by atoms with Crippen LogP contribution in [0.1, 0.15) is 17.4 Å². The molecule has 0 radical (unpaired) electrons. The summed E-state index contributed by atoms with van der Waals surface area (Å²) in [5, 5.41) is 16.6. The molecule has 0 fully saturated rings. The first-order chi connectivity index (χ1) is 12.5. The minimum absolute atomic E-state index is 0.156. The van der Waals surface area contributed by atoms with Crippen molar-refractivity contribution in [3.63, 3.8) is 0 Å². The van der Waals surface area contributed by atoms with Gasteiger partial charge in [0.2, 0.25) is 0 Å². The van der Waals surface area contributed by atoms with Gasteiger partial charge in [0, 0.05) is 29.9 Å². The van der Waals surface area contributed by atoms with Crippen molar-refractivity contribution in [3.05, 3.63) is 53.4 Å². The Balaban J connectivity index is 2.07. The third-order valence-corrected chi connectivity index (χ3v) is 3.97. The van der Waals surface area contributed by atoms with Gasteiger partial charge in [-0.2, -0.15) is 5.10 Å². The zero-order valence-corrected chi connectivity index (χ0v) is 15.1. The van der Waals surface area contributed by atoms with Gasteiger partial charge in [-0.05, 0) is 25.1 Å². The first-order valence-electron chi connectivity index (χ1n) is 8.02. The van der Waals surface area contributed by atoms with Crippen molar-refractivity contribution in [2.45, 2.75) is 13.0 Å². The van der Waals surface area contributed by atoms with Crippen LogP contribution in [-0.4, -0.2) is 43.4 Å². The van der Waals surface area contributed by atoms with E-state index in [4.69, 9.17) is 16.7 Å². The fraction of sp³-hybridized carbons (Fsp3) is 0.222. The lowest BCUT2D eigenvalue weighted by Crippen LogP contribution is -2.35. The number of amides is 1. The van der Waals surface area contributed by atoms with Gasteiger partial charge in [-0.25, -0.2) is 9.97 Å². The number of nitrogens with one attached hydrogen (secondary N) is 1. The average Bonchev–Trinajstić information content (AvgIpc) is 3.08. The van der Waals surface area contributed by atoms with Crippen LogP contribution in [0, 0.1) is 0 Å². The predicted octanol–water partition coefficient (Wildman–Crippen LogP) is 2.31. The Morgan fingerprint density at radius 3 is 2.62 bits per heavy atom. The molecular weight excluding hydrogens is 354 g/mol. The molecule has 0 aliphatic carbocycles. The molecule has 0 bridgehead atoms. The van der Waals surface area contributed by atoms with Crippen LogP contribution >= 0.6 is 11.6 Å². The third-order valence-electron chi connectivity index (χ3n) is 3.71. The van der Waals surface area contributed by atoms with Crippen molar-refractivity contribution in [1.82, 2.24) is 25.1 Å². The molecule has 0 unspecified atom stereocenters. The Bertz CT molecular complexity index is 924. The maximum Gasteiger partial charge on any atom is 0.270 e. The molecule has 2 N–H and O–H groups in total. The molecule has 3 aromatic rings. The quantitative estimate of drug-likeness (QED) is 0.717. The van der Waals surface area contributed by atoms with E-state index in [0.29, 0.717) is 22.1 Å². The lowest BCUT2D eigenvalue weighted by Gasteiger charge is -2.12. The van der Waals surface area contributed by atoms with Gasteiger partial charge in [0.15, 0.2) is 5.82 Å². The van der Waals surface area contributed by atoms with Crippen molar-refractivity contribution in [1.29, 1.82) is 0 Å². The normalized spacial score (nSPS) is 12.0. The van der Waals surface area contributed by atoms with Crippen molar-refractivity contribution in [3.8, 4) is 22.6 Å². The highest BCUT2D eigenvalue weighted by atomic mass is 35.5. The lowest BCUT2D eigenvalue weighted by atomic mass is 10.1. The van der Waals surface area contributed by atoms with E-state index in [1.54, 1.807) is 49.2 Å². The van der Waals surface area contributed by atoms with Gasteiger partial charge in [0.1, 0.15) is 5.69 Å². The van der Waals surface area contributed by atoms with E-state index in [-0.39, 0.29) is 24.2 Å². The van der Waals surface area contributed by atoms with Gasteiger partial charge in [0.25, 0.3) is 5.91 Å². The molecule has 0 saturated carbocycles. The molecule has 1 aromatic carbocycles. The van der Waals surface area contributed by atoms with Crippen LogP contribution in [0.3, 0.4) is 0 Å². The molecular formula is C18H18ClN5O2. The van der Waals surface area contributed by atoms with Crippen LogP contribution < -0.4 is 5.32 Å². The Morgan fingerprint density at radius 2 is 2.00 bits per heavy atom. The highest BCUT2D eigenvalue weighted by Gasteiger charge is 2.16. The Kier molecular flexibility index (Phi) is 5.29. The fourth-order valence-electron chi connectivity index (χ4n) is 2.34. The van der Waals surface area contributed by atoms with Crippen molar-refractivity contribution in [2.24, 2.45) is 7.05 Å². The van der Waals surface area contributed by atoms with E-state index in [2.05, 4.69) is 20.4 Å². The number of aliphatic hydroxyl groups excluding tert-OH is 1. The second kappa shape index (κ2) is 7.63. The van der Waals surface area contributed by atoms with E-state index in [1.807, 2.05) is 12.1 Å². The summed E-state index contributed by atoms with van der Waals surface area (Å²) in [6.07, 6.45) is 3.41. The summed E-state index contributed by atoms with van der Waals surface area (Å²) in [6, 6.07) is 8.42. The summed E-state index contributed by atoms with van der Waals surface area (Å²) in [5.74, 6) is 0.0154. The van der Waals surface area contributed by atoms with Crippen LogP contribution in [0.2, 0.25) is 5.02 Å². The molecule has 26 heavy (non-hydrogen) atoms. The fourth-order valence-corrected chi connectivity index (χ4v) is 2.47. The molecule has 134 valence electrons. The first kappa shape index (κ1) is 18.0. The number of carbonyl (C=O) groups is 1. The van der Waals surface area contributed by atoms with Crippen molar-refractivity contribution < 1.29 is 9.90 Å². The van der Waals surface area contributed by atoms with Crippen LogP contribution in [0.15, 0.2) is 42.7 Å². The highest BCUT2D eigenvalue weighted by molar-refractivity contribution is 6.30. The van der Waals surface area contributed by atoms with Crippen LogP contribution in [0.4, 0.5) is 0 Å². The minimum atomic E-state index is -0.380. The van der Waals surface area contributed by atoms with E-state index in [1.165, 1.54) is 0 Å². The van der Waals surface area contributed by atoms with Gasteiger partial charge < -0.3 is 10.4 Å². The van der Waals surface area contributed by atoms with Gasteiger partial charge in [-0.3, -0.25) is 9.48 Å². The number of benzene rings is 1. The van der Waals surface area contributed by atoms with E-state index in [0.717, 1.165) is 5.56 Å². The molecule has 2 heterocycles. The number of rotatable bonds is 5. The Hall–Kier alpha value is -2.77. The predicted molar refractivity (Wildman–Crippen MR) is 98.7 cm³/mol. The largest absolute Gasteiger partial charge is 0.394 e. The van der Waals surface area contributed by atoms with Crippen molar-refractivity contribution >= 4 is 17.5 Å². The first-order valence-corrected chi connectivity index (χ1v) is 8.40. The molecule has 7 nitrogen and oxygen atoms in total. The van der Waals surface area contributed by atoms with Crippen molar-refractivity contribution in [2.75, 3.05) is 6.61 Å². The highest BCUT2D eigenvalue weighted by Crippen LogP contribution is 2.23. The van der Waals surface area contributed by atoms with Gasteiger partial charge >= 0.3 is 0 Å². The maximum atomic E-state index is 12.5. The summed E-state index contributed by atoms with van der Waals surface area (Å²) < 4.78 is 1.64. The zero-order chi connectivity index (χ0) is 18.7. The zero-order valence-electron chi connectivity index (χ0n) is 14.3. The lowest BCUT2D eigenvalue weighted by molar-refractivity contribution is 0.0917. The van der Waals surface area contributed by atoms with Crippen LogP contribution in [0.5, 0.6) is 0 Å². The third kappa shape index (κ3) is 4.07. The van der Waals surface area contributed by atoms with E-state index in [9.17, 15) is 4.79 Å². The molecule has 8 heteroatoms. The summed E-state index contributed by atoms with van der Waals surface area (Å²) in [5.41, 5.74) is 2.32. The molecule has 0 spiro atoms. The van der Waals surface area contributed by atoms with Crippen LogP contribution in [-0.2, 0) is 7.05 Å². The van der Waals surface area contributed by atoms with Gasteiger partial charge in [-0.1, -0.05) is 23.7 Å². The average molecular weight is 372 g/mol. The standard InChI is InChI=1S/C18H18ClN5O2/c1-11(10-25)21-18(26)16-7-15(12-3-5-14(19)6-4-12)22-17(23-16)13-8-20-24(2)9-13/h3-9,11,25H,10H2,1-2H3,(H,21,26)/t11-/m0/s1. The number of aliphatic hydroxyl groups is 1. The number of nitrogens with zero attached hydrogens (tertiary/aromatic N) is 4. The van der Waals surface area contributed by atoms with E-state index < -0.39 is 0 Å². The molecule has 2 aromatic heterocycles. The van der Waals surface area contributed by atoms with Crippen LogP contribution in [0.25, 0.3) is 22.6 Å². The number of hydrogen-bond donors (Lipinski definition) is 2. The number of hydrogen-bond acceptors (Lipinski definition) is 5. The van der Waals surface area contributed by atoms with E-state index >= 15 is 0 Å². The molecule has 3 rings (SSSR count). The SMILES string of the molecule is C[C@@H](CO)NC(=O)c1cc(-c2ccc(Cl)cc2)nc(-c2cnn(C)c2)n1. The topological polar surface area (TPSA) is 92.9 Å². The maximum absolute atomic E-state index is 12.5. The molecule has 1 atom stereocenters. The Labute approximate surface area is 155 Å². The number of aromatic nitrogens is 4. The number of carbonyl (C=O) groups excluding carboxylic acids is 1. The van der Waals surface area contributed by atoms with Gasteiger partial charge in [0.05, 0.1) is 24.1 Å². The Morgan fingerprint density at radius 1 is 1.27 bits per heavy atom. The number of halogens is 1. The smallest absolute Gasteiger partial charge is 0.270 e. The number of aryl methyl sites for hydroxylation is 1. The summed E-state index contributed by atoms with van der Waals surface area (Å²) in [7, 11) is 1.79. The molecule has 0 aliphatic rings. The molecule has 1 amide bonds. The monoisotopic (exact) mass is 371 g/mol. The minimum Gasteiger partial charge on any atom is -0.394 e. The summed E-state index contributed by atoms with van der Waals surface area (Å²) >= 11 is 5.95. The summed E-state index contributed by atoms with van der Waals surface area (Å²) in [6.45, 7) is 1.55. The second-order valence-electron chi connectivity index (χ2n) is 5.93. The second-order valence-corrected chi connectivity index (χ2v) is 6.37. The molecule has 0 aliphatic heterocycles. The molecule has 0 saturated heterocycles.